The molecule has 0 saturated heterocycles. The van der Waals surface area contributed by atoms with Crippen LogP contribution in [0.4, 0.5) is 0 Å². The Morgan fingerprint density at radius 2 is 2.05 bits per heavy atom. The Balaban J connectivity index is 2.14. The second-order valence-corrected chi connectivity index (χ2v) is 4.50. The Morgan fingerprint density at radius 3 is 2.67 bits per heavy atom. The zero-order valence-corrected chi connectivity index (χ0v) is 11.7. The van der Waals surface area contributed by atoms with Gasteiger partial charge in [0.1, 0.15) is 5.75 Å². The van der Waals surface area contributed by atoms with Gasteiger partial charge in [0.05, 0.1) is 12.7 Å². The first kappa shape index (κ1) is 14.6. The van der Waals surface area contributed by atoms with Crippen molar-refractivity contribution in [2.24, 2.45) is 10.9 Å². The molecule has 0 fully saturated rings. The van der Waals surface area contributed by atoms with Crippen LogP contribution in [0.2, 0.25) is 0 Å². The van der Waals surface area contributed by atoms with Crippen molar-refractivity contribution in [3.8, 4) is 5.75 Å². The molecule has 0 aliphatic heterocycles. The molecule has 1 heterocycles. The highest BCUT2D eigenvalue weighted by molar-refractivity contribution is 5.96. The average molecular weight is 287 g/mol. The molecule has 0 unspecified atom stereocenters. The third-order valence-electron chi connectivity index (χ3n) is 3.20. The number of ether oxygens (including phenoxy) is 1. The van der Waals surface area contributed by atoms with E-state index in [1.54, 1.807) is 19.4 Å². The minimum absolute atomic E-state index is 0.182. The van der Waals surface area contributed by atoms with Gasteiger partial charge in [-0.1, -0.05) is 17.3 Å². The molecule has 0 spiro atoms. The second-order valence-electron chi connectivity index (χ2n) is 4.50. The van der Waals surface area contributed by atoms with Crippen LogP contribution >= 0.6 is 0 Å². The Hall–Kier alpha value is -2.76. The van der Waals surface area contributed by atoms with E-state index in [1.165, 1.54) is 10.6 Å². The van der Waals surface area contributed by atoms with Gasteiger partial charge in [-0.15, -0.1) is 0 Å². The van der Waals surface area contributed by atoms with Crippen LogP contribution in [0.3, 0.4) is 0 Å². The van der Waals surface area contributed by atoms with E-state index in [9.17, 15) is 4.79 Å². The summed E-state index contributed by atoms with van der Waals surface area (Å²) in [6.45, 7) is 0.512. The molecule has 21 heavy (non-hydrogen) atoms. The largest absolute Gasteiger partial charge is 0.497 e. The van der Waals surface area contributed by atoms with Crippen molar-refractivity contribution in [3.05, 3.63) is 64.1 Å². The maximum Gasteiger partial charge on any atom is 0.261 e. The molecule has 2 aromatic rings. The average Bonchev–Trinajstić information content (AvgIpc) is 2.53. The fourth-order valence-electron chi connectivity index (χ4n) is 2.00. The summed E-state index contributed by atoms with van der Waals surface area (Å²) < 4.78 is 6.64. The fraction of sp³-hybridized carbons (Fsp3) is 0.200. The number of pyridine rings is 1. The van der Waals surface area contributed by atoms with E-state index in [4.69, 9.17) is 15.7 Å². The summed E-state index contributed by atoms with van der Waals surface area (Å²) in [4.78, 5) is 12.2. The summed E-state index contributed by atoms with van der Waals surface area (Å²) in [6, 6.07) is 10.9. The lowest BCUT2D eigenvalue weighted by Crippen LogP contribution is -2.30. The van der Waals surface area contributed by atoms with Crippen molar-refractivity contribution in [2.45, 2.75) is 13.0 Å². The van der Waals surface area contributed by atoms with Crippen LogP contribution in [-0.4, -0.2) is 22.7 Å². The van der Waals surface area contributed by atoms with E-state index in [1.807, 2.05) is 24.3 Å². The first-order chi connectivity index (χ1) is 10.2. The number of aryl methyl sites for hydroxylation is 2. The molecule has 0 aliphatic carbocycles. The molecule has 110 valence electrons. The molecular weight excluding hydrogens is 270 g/mol. The molecular formula is C15H17N3O3. The molecule has 0 amide bonds. The molecule has 1 aromatic carbocycles. The minimum atomic E-state index is -0.277. The van der Waals surface area contributed by atoms with Crippen molar-refractivity contribution < 1.29 is 9.94 Å². The van der Waals surface area contributed by atoms with E-state index in [2.05, 4.69) is 5.16 Å². The molecule has 0 atom stereocenters. The summed E-state index contributed by atoms with van der Waals surface area (Å²) in [5, 5.41) is 11.5. The van der Waals surface area contributed by atoms with Gasteiger partial charge >= 0.3 is 0 Å². The van der Waals surface area contributed by atoms with Crippen LogP contribution in [0.15, 0.2) is 52.5 Å². The van der Waals surface area contributed by atoms with Crippen LogP contribution in [0, 0.1) is 0 Å². The highest BCUT2D eigenvalue weighted by atomic mass is 16.5. The molecule has 0 radical (unpaired) electrons. The van der Waals surface area contributed by atoms with Crippen LogP contribution in [0.5, 0.6) is 5.75 Å². The maximum atomic E-state index is 12.2. The molecule has 0 bridgehead atoms. The molecule has 2 rings (SSSR count). The van der Waals surface area contributed by atoms with Crippen LogP contribution in [0.25, 0.3) is 0 Å². The number of benzene rings is 1. The Bertz CT molecular complexity index is 690. The summed E-state index contributed by atoms with van der Waals surface area (Å²) in [5.41, 5.74) is 6.48. The van der Waals surface area contributed by atoms with Crippen molar-refractivity contribution in [1.82, 2.24) is 4.57 Å². The summed E-state index contributed by atoms with van der Waals surface area (Å²) in [5.74, 6) is 0.614. The number of hydrogen-bond acceptors (Lipinski definition) is 4. The van der Waals surface area contributed by atoms with Gasteiger partial charge in [-0.25, -0.2) is 0 Å². The van der Waals surface area contributed by atoms with E-state index in [0.717, 1.165) is 11.3 Å². The predicted octanol–water partition coefficient (Wildman–Crippen LogP) is 1.19. The zero-order valence-electron chi connectivity index (χ0n) is 11.7. The number of aromatic nitrogens is 1. The lowest BCUT2D eigenvalue weighted by molar-refractivity contribution is 0.318. The van der Waals surface area contributed by atoms with Gasteiger partial charge in [-0.2, -0.15) is 0 Å². The Labute approximate surface area is 122 Å². The van der Waals surface area contributed by atoms with E-state index >= 15 is 0 Å². The summed E-state index contributed by atoms with van der Waals surface area (Å²) in [7, 11) is 1.62. The molecule has 3 N–H and O–H groups in total. The number of methoxy groups -OCH3 is 1. The van der Waals surface area contributed by atoms with Crippen molar-refractivity contribution in [3.63, 3.8) is 0 Å². The topological polar surface area (TPSA) is 89.8 Å². The van der Waals surface area contributed by atoms with Gasteiger partial charge < -0.3 is 20.2 Å². The predicted molar refractivity (Wildman–Crippen MR) is 79.9 cm³/mol. The number of amidine groups is 1. The second kappa shape index (κ2) is 6.60. The Kier molecular flexibility index (Phi) is 4.61. The number of nitrogens with two attached hydrogens (primary N) is 1. The van der Waals surface area contributed by atoms with Gasteiger partial charge in [0, 0.05) is 12.7 Å². The van der Waals surface area contributed by atoms with E-state index in [0.29, 0.717) is 13.0 Å². The fourth-order valence-corrected chi connectivity index (χ4v) is 2.00. The first-order valence-corrected chi connectivity index (χ1v) is 6.46. The standard InChI is InChI=1S/C15H17N3O3/c1-21-12-6-4-11(5-7-12)8-10-18-9-2-3-13(15(18)19)14(16)17-20/h2-7,9,20H,8,10H2,1H3,(H2,16,17). The highest BCUT2D eigenvalue weighted by Crippen LogP contribution is 2.11. The van der Waals surface area contributed by atoms with Gasteiger partial charge in [0.15, 0.2) is 5.84 Å². The quantitative estimate of drug-likeness (QED) is 0.374. The third kappa shape index (κ3) is 3.42. The summed E-state index contributed by atoms with van der Waals surface area (Å²) >= 11 is 0. The molecule has 1 aromatic heterocycles. The monoisotopic (exact) mass is 287 g/mol. The number of oxime groups is 1. The number of hydrogen-bond donors (Lipinski definition) is 2. The van der Waals surface area contributed by atoms with E-state index < -0.39 is 0 Å². The van der Waals surface area contributed by atoms with Crippen molar-refractivity contribution in [2.75, 3.05) is 7.11 Å². The highest BCUT2D eigenvalue weighted by Gasteiger charge is 2.07. The van der Waals surface area contributed by atoms with Crippen LogP contribution in [0.1, 0.15) is 11.1 Å². The maximum absolute atomic E-state index is 12.2. The minimum Gasteiger partial charge on any atom is -0.497 e. The molecule has 6 heteroatoms. The zero-order chi connectivity index (χ0) is 15.2. The van der Waals surface area contributed by atoms with Crippen molar-refractivity contribution >= 4 is 5.84 Å². The van der Waals surface area contributed by atoms with Crippen molar-refractivity contribution in [1.29, 1.82) is 0 Å². The van der Waals surface area contributed by atoms with Crippen LogP contribution < -0.4 is 16.0 Å². The Morgan fingerprint density at radius 1 is 1.33 bits per heavy atom. The lowest BCUT2D eigenvalue weighted by Gasteiger charge is -2.08. The smallest absolute Gasteiger partial charge is 0.261 e. The van der Waals surface area contributed by atoms with Crippen LogP contribution in [-0.2, 0) is 13.0 Å². The third-order valence-corrected chi connectivity index (χ3v) is 3.20. The van der Waals surface area contributed by atoms with Gasteiger partial charge in [0.25, 0.3) is 5.56 Å². The number of nitrogens with zero attached hydrogens (tertiary/aromatic N) is 2. The normalized spacial score (nSPS) is 11.4. The molecule has 0 aliphatic rings. The molecule has 6 nitrogen and oxygen atoms in total. The number of rotatable bonds is 5. The lowest BCUT2D eigenvalue weighted by atomic mass is 10.1. The first-order valence-electron chi connectivity index (χ1n) is 6.46. The van der Waals surface area contributed by atoms with Gasteiger partial charge in [-0.05, 0) is 36.2 Å². The van der Waals surface area contributed by atoms with Gasteiger partial charge in [-0.3, -0.25) is 4.79 Å². The summed E-state index contributed by atoms with van der Waals surface area (Å²) in [6.07, 6.45) is 2.38. The SMILES string of the molecule is COc1ccc(CCn2cccc(/C(N)=N/O)c2=O)cc1. The van der Waals surface area contributed by atoms with E-state index in [-0.39, 0.29) is 17.0 Å². The van der Waals surface area contributed by atoms with Gasteiger partial charge in [0.2, 0.25) is 0 Å². The molecule has 0 saturated carbocycles.